The second kappa shape index (κ2) is 31.6. The number of nitrogens with zero attached hydrogens (tertiary/aromatic N) is 23. The fourth-order valence-electron chi connectivity index (χ4n) is 18.6. The van der Waals surface area contributed by atoms with Crippen molar-refractivity contribution in [2.75, 3.05) is 133 Å². The van der Waals surface area contributed by atoms with Crippen molar-refractivity contribution in [1.29, 1.82) is 15.8 Å². The molecule has 8 unspecified atom stereocenters. The first-order valence-corrected chi connectivity index (χ1v) is 39.8. The van der Waals surface area contributed by atoms with Crippen molar-refractivity contribution in [3.63, 3.8) is 0 Å². The molecule has 6 bridgehead atoms. The van der Waals surface area contributed by atoms with Crippen LogP contribution in [0.2, 0.25) is 0 Å². The molecule has 29 nitrogen and oxygen atoms in total. The molecule has 0 spiro atoms. The lowest BCUT2D eigenvalue weighted by atomic mass is 9.87. The summed E-state index contributed by atoms with van der Waals surface area (Å²) in [6, 6.07) is 37.1. The summed E-state index contributed by atoms with van der Waals surface area (Å²) < 4.78 is 26.6. The van der Waals surface area contributed by atoms with E-state index >= 15 is 0 Å². The van der Waals surface area contributed by atoms with Gasteiger partial charge in [0.25, 0.3) is 0 Å². The molecule has 0 saturated carbocycles. The molecule has 12 aromatic heterocycles. The molecule has 0 aromatic carbocycles. The van der Waals surface area contributed by atoms with E-state index in [-0.39, 0.29) is 0 Å². The molecule has 12 fully saturated rings. The molecule has 12 saturated heterocycles. The number of hydrogen-bond donors (Lipinski definition) is 2. The van der Waals surface area contributed by atoms with E-state index < -0.39 is 0 Å². The highest BCUT2D eigenvalue weighted by Crippen LogP contribution is 2.42. The Balaban J connectivity index is 0.000000115. The van der Waals surface area contributed by atoms with Crippen molar-refractivity contribution >= 4 is 39.7 Å². The zero-order chi connectivity index (χ0) is 77.6. The average Bonchev–Trinajstić information content (AvgIpc) is 1.67. The summed E-state index contributed by atoms with van der Waals surface area (Å²) in [5.41, 5.74) is 16.9. The summed E-state index contributed by atoms with van der Waals surface area (Å²) in [6.45, 7) is 15.5. The van der Waals surface area contributed by atoms with Crippen LogP contribution in [0.5, 0.6) is 17.6 Å². The summed E-state index contributed by atoms with van der Waals surface area (Å²) in [5, 5.41) is 49.4. The number of piperazine rings is 3. The SMILES string of the molecule is COc1ccc(CN2C3CC2CN(c2ccc(-c4cc(C5CCNC5)cn5ncc(C#N)c45)cn2)C3)cn1.COc1ccc(CN2C3CC2CN(c2ccc(-c4cc(N5CCOCC5)cn5ncc(C#N)c45)cn2)C3)cn1.COc1ccc(CN2C3CC2CN(c2cnc(-c4cc(C5CCNC5)cn5ncc(C#N)c45)cn2)C3)cn1. The van der Waals surface area contributed by atoms with Crippen molar-refractivity contribution in [1.82, 2.24) is 89.1 Å². The molecule has 0 amide bonds. The molecular formula is C86H89N25O4. The first-order valence-electron chi connectivity index (χ1n) is 39.8. The average molecular weight is 1540 g/mol. The van der Waals surface area contributed by atoms with Crippen LogP contribution < -0.4 is 44.4 Å². The lowest BCUT2D eigenvalue weighted by Gasteiger charge is -2.56. The second-order valence-corrected chi connectivity index (χ2v) is 31.4. The van der Waals surface area contributed by atoms with E-state index in [1.807, 2.05) is 87.5 Å². The van der Waals surface area contributed by atoms with Crippen LogP contribution in [0.25, 0.3) is 50.1 Å². The number of anilines is 4. The number of nitrogens with one attached hydrogen (secondary N) is 2. The van der Waals surface area contributed by atoms with E-state index in [0.717, 1.165) is 184 Å². The quantitative estimate of drug-likeness (QED) is 0.0810. The number of pyridine rings is 8. The first-order chi connectivity index (χ1) is 56.6. The Morgan fingerprint density at radius 1 is 0.417 bits per heavy atom. The minimum Gasteiger partial charge on any atom is -0.481 e. The predicted molar refractivity (Wildman–Crippen MR) is 433 cm³/mol. The molecule has 0 aliphatic carbocycles. The lowest BCUT2D eigenvalue weighted by molar-refractivity contribution is -0.00880. The maximum atomic E-state index is 9.73. The van der Waals surface area contributed by atoms with E-state index in [4.69, 9.17) is 38.9 Å². The lowest BCUT2D eigenvalue weighted by Crippen LogP contribution is -2.68. The standard InChI is InChI=1S/C29H30N8O2.C29H30N8O.C28H29N9O/c1-38-28-5-2-20(13-32-28)16-36-24-10-25(36)18-35(17-24)27-4-3-21(14-31-27)26-11-23(34-6-8-39-9-7-34)19-37-29(26)22(12-30)15-33-37;1-38-28-5-2-19(11-33-28)15-36-24-9-25(36)18-35(17-24)27-4-3-21(13-32-27)26-8-22(20-6-7-31-12-20)16-37-29(26)23(10-30)14-34-37;1-38-27-3-2-18(9-33-27)14-36-22-7-23(36)17-35(16-22)26-13-31-25(12-32-26)24-6-20(19-4-5-30-10-19)15-37-28(24)21(8-29)11-34-37/h2-5,11,13-15,19,24-25H,6-10,16-18H2,1H3;2-5,8,11,13-14,16,20,24-25,31H,6-7,9,12,15,17-18H2,1H3;2-3,6,9,11-13,15,19,22-23,30H,4-5,7,10,14,16-17H2,1H3. The fourth-order valence-corrected chi connectivity index (χ4v) is 18.6. The molecule has 115 heavy (non-hydrogen) atoms. The van der Waals surface area contributed by atoms with Crippen molar-refractivity contribution in [3.8, 4) is 69.4 Å². The van der Waals surface area contributed by atoms with Gasteiger partial charge in [0, 0.05) is 211 Å². The van der Waals surface area contributed by atoms with Gasteiger partial charge in [0.05, 0.1) is 116 Å². The highest BCUT2D eigenvalue weighted by Gasteiger charge is 2.47. The maximum Gasteiger partial charge on any atom is 0.212 e. The fraction of sp³-hybridized carbons (Fsp3) is 0.384. The van der Waals surface area contributed by atoms with Gasteiger partial charge in [-0.15, -0.1) is 0 Å². The van der Waals surface area contributed by atoms with Gasteiger partial charge in [-0.25, -0.2) is 43.5 Å². The molecule has 0 radical (unpaired) electrons. The van der Waals surface area contributed by atoms with Gasteiger partial charge in [-0.05, 0) is 127 Å². The Hall–Kier alpha value is -12.3. The second-order valence-electron chi connectivity index (χ2n) is 31.4. The Bertz CT molecular complexity index is 5360. The summed E-state index contributed by atoms with van der Waals surface area (Å²) in [5.74, 6) is 5.73. The molecule has 12 aliphatic heterocycles. The Morgan fingerprint density at radius 3 is 1.20 bits per heavy atom. The Kier molecular flexibility index (Phi) is 20.0. The molecule has 24 heterocycles. The Labute approximate surface area is 665 Å². The van der Waals surface area contributed by atoms with Gasteiger partial charge in [0.2, 0.25) is 17.6 Å². The minimum atomic E-state index is 0.428. The maximum absolute atomic E-state index is 9.73. The van der Waals surface area contributed by atoms with Crippen molar-refractivity contribution in [3.05, 3.63) is 204 Å². The number of piperidine rings is 3. The normalized spacial score (nSPS) is 22.2. The topological polar surface area (TPSA) is 297 Å². The number of hydrogen-bond acceptors (Lipinski definition) is 26. The Morgan fingerprint density at radius 2 is 0.826 bits per heavy atom. The highest BCUT2D eigenvalue weighted by molar-refractivity contribution is 5.88. The summed E-state index contributed by atoms with van der Waals surface area (Å²) >= 11 is 0. The smallest absolute Gasteiger partial charge is 0.212 e. The number of methoxy groups -OCH3 is 3. The predicted octanol–water partition coefficient (Wildman–Crippen LogP) is 8.79. The molecule has 29 heteroatoms. The van der Waals surface area contributed by atoms with Crippen LogP contribution >= 0.6 is 0 Å². The zero-order valence-corrected chi connectivity index (χ0v) is 64.6. The van der Waals surface area contributed by atoms with Gasteiger partial charge in [0.1, 0.15) is 35.7 Å². The third-order valence-electron chi connectivity index (χ3n) is 24.8. The summed E-state index contributed by atoms with van der Waals surface area (Å²) in [7, 11) is 4.92. The van der Waals surface area contributed by atoms with Crippen LogP contribution in [0.3, 0.4) is 0 Å². The van der Waals surface area contributed by atoms with E-state index in [9.17, 15) is 15.8 Å². The number of ether oxygens (including phenoxy) is 4. The van der Waals surface area contributed by atoms with Crippen LogP contribution in [-0.2, 0) is 24.4 Å². The van der Waals surface area contributed by atoms with E-state index in [0.29, 0.717) is 95.6 Å². The van der Waals surface area contributed by atoms with Crippen molar-refractivity contribution in [2.24, 2.45) is 0 Å². The van der Waals surface area contributed by atoms with Gasteiger partial charge in [0.15, 0.2) is 0 Å². The number of aromatic nitrogens is 13. The van der Waals surface area contributed by atoms with Gasteiger partial charge in [-0.3, -0.25) is 19.7 Å². The molecule has 12 aliphatic rings. The van der Waals surface area contributed by atoms with Crippen LogP contribution in [0.15, 0.2) is 159 Å². The van der Waals surface area contributed by atoms with Gasteiger partial charge >= 0.3 is 0 Å². The molecule has 24 rings (SSSR count). The third kappa shape index (κ3) is 14.4. The zero-order valence-electron chi connectivity index (χ0n) is 64.6. The van der Waals surface area contributed by atoms with E-state index in [2.05, 4.69) is 160 Å². The molecule has 12 aromatic rings. The highest BCUT2D eigenvalue weighted by atomic mass is 16.5. The van der Waals surface area contributed by atoms with Crippen LogP contribution in [-0.4, -0.2) is 228 Å². The molecule has 582 valence electrons. The van der Waals surface area contributed by atoms with E-state index in [1.54, 1.807) is 39.9 Å². The van der Waals surface area contributed by atoms with Crippen molar-refractivity contribution < 1.29 is 18.9 Å². The van der Waals surface area contributed by atoms with Crippen molar-refractivity contribution in [2.45, 2.75) is 99.8 Å². The van der Waals surface area contributed by atoms with Gasteiger partial charge in [-0.2, -0.15) is 31.1 Å². The largest absolute Gasteiger partial charge is 0.481 e. The summed E-state index contributed by atoms with van der Waals surface area (Å²) in [4.78, 5) is 49.7. The van der Waals surface area contributed by atoms with Crippen LogP contribution in [0.4, 0.5) is 23.1 Å². The number of morpholine rings is 1. The van der Waals surface area contributed by atoms with Crippen LogP contribution in [0, 0.1) is 34.0 Å². The molecule has 2 N–H and O–H groups in total. The van der Waals surface area contributed by atoms with E-state index in [1.165, 1.54) is 47.1 Å². The monoisotopic (exact) mass is 1540 g/mol. The number of fused-ring (bicyclic) bond motifs is 9. The van der Waals surface area contributed by atoms with Gasteiger partial charge < -0.3 is 49.2 Å². The molecular weight excluding hydrogens is 1450 g/mol. The first kappa shape index (κ1) is 72.9. The summed E-state index contributed by atoms with van der Waals surface area (Å²) in [6.07, 6.45) is 30.3. The third-order valence-corrected chi connectivity index (χ3v) is 24.8. The minimum absolute atomic E-state index is 0.428. The number of rotatable bonds is 18. The van der Waals surface area contributed by atoms with Gasteiger partial charge in [-0.1, -0.05) is 18.2 Å². The van der Waals surface area contributed by atoms with Crippen LogP contribution in [0.1, 0.15) is 88.4 Å². The molecule has 8 atom stereocenters. The number of nitriles is 3.